The third-order valence-electron chi connectivity index (χ3n) is 3.23. The molecule has 6 heteroatoms. The maximum absolute atomic E-state index is 13.1. The summed E-state index contributed by atoms with van der Waals surface area (Å²) in [6.07, 6.45) is 0.592. The number of nitrogens with one attached hydrogen (secondary N) is 1. The van der Waals surface area contributed by atoms with Gasteiger partial charge in [0.15, 0.2) is 0 Å². The number of halogens is 1. The molecule has 1 aromatic carbocycles. The van der Waals surface area contributed by atoms with Crippen LogP contribution in [0.5, 0.6) is 0 Å². The molecular weight excluding hydrogens is 251 g/mol. The van der Waals surface area contributed by atoms with Crippen molar-refractivity contribution in [3.05, 3.63) is 29.6 Å². The summed E-state index contributed by atoms with van der Waals surface area (Å²) >= 11 is 0. The summed E-state index contributed by atoms with van der Waals surface area (Å²) in [6, 6.07) is 5.51. The molecule has 1 fully saturated rings. The predicted octanol–water partition coefficient (Wildman–Crippen LogP) is 1.74. The fraction of sp³-hybridized carbons (Fsp3) is 0.385. The highest BCUT2D eigenvalue weighted by molar-refractivity contribution is 5.83. The molecule has 0 amide bonds. The minimum absolute atomic E-state index is 0.0899. The molecular formula is C13H13FN2O3. The lowest BCUT2D eigenvalue weighted by Gasteiger charge is -2.35. The molecule has 0 atom stereocenters. The minimum atomic E-state index is -1.17. The Kier molecular flexibility index (Phi) is 3.67. The fourth-order valence-electron chi connectivity index (χ4n) is 2.09. The van der Waals surface area contributed by atoms with Crippen molar-refractivity contribution >= 4 is 11.7 Å². The van der Waals surface area contributed by atoms with E-state index in [1.165, 1.54) is 12.1 Å². The van der Waals surface area contributed by atoms with Crippen molar-refractivity contribution < 1.29 is 19.0 Å². The minimum Gasteiger partial charge on any atom is -0.480 e. The van der Waals surface area contributed by atoms with Gasteiger partial charge < -0.3 is 15.2 Å². The van der Waals surface area contributed by atoms with Gasteiger partial charge in [0.25, 0.3) is 0 Å². The van der Waals surface area contributed by atoms with Gasteiger partial charge in [0.1, 0.15) is 17.4 Å². The molecule has 0 spiro atoms. The van der Waals surface area contributed by atoms with Crippen molar-refractivity contribution in [3.8, 4) is 6.07 Å². The maximum Gasteiger partial charge on any atom is 0.329 e. The molecule has 1 heterocycles. The van der Waals surface area contributed by atoms with Crippen LogP contribution in [0.2, 0.25) is 0 Å². The van der Waals surface area contributed by atoms with E-state index in [1.54, 1.807) is 0 Å². The number of hydrogen-bond acceptors (Lipinski definition) is 4. The smallest absolute Gasteiger partial charge is 0.329 e. The highest BCUT2D eigenvalue weighted by atomic mass is 19.1. The number of aliphatic carboxylic acids is 1. The number of carboxylic acids is 1. The van der Waals surface area contributed by atoms with Crippen LogP contribution in [0.1, 0.15) is 18.4 Å². The molecule has 0 radical (unpaired) electrons. The molecule has 2 rings (SSSR count). The Hall–Kier alpha value is -2.13. The molecule has 0 aromatic heterocycles. The van der Waals surface area contributed by atoms with Crippen LogP contribution in [0.15, 0.2) is 18.2 Å². The third-order valence-corrected chi connectivity index (χ3v) is 3.23. The van der Waals surface area contributed by atoms with Crippen LogP contribution in [-0.2, 0) is 9.53 Å². The summed E-state index contributed by atoms with van der Waals surface area (Å²) in [7, 11) is 0. The van der Waals surface area contributed by atoms with E-state index in [0.29, 0.717) is 31.7 Å². The Labute approximate surface area is 109 Å². The molecule has 19 heavy (non-hydrogen) atoms. The lowest BCUT2D eigenvalue weighted by molar-refractivity contribution is -0.145. The number of nitrogens with zero attached hydrogens (tertiary/aromatic N) is 1. The zero-order valence-electron chi connectivity index (χ0n) is 10.1. The number of carboxylic acid groups (broad SMARTS) is 1. The molecule has 1 saturated heterocycles. The second kappa shape index (κ2) is 5.24. The molecule has 1 aliphatic rings. The lowest BCUT2D eigenvalue weighted by Crippen LogP contribution is -2.50. The Morgan fingerprint density at radius 2 is 2.16 bits per heavy atom. The summed E-state index contributed by atoms with van der Waals surface area (Å²) in [4.78, 5) is 11.5. The van der Waals surface area contributed by atoms with E-state index in [4.69, 9.17) is 10.00 Å². The number of ether oxygens (including phenoxy) is 1. The van der Waals surface area contributed by atoms with Gasteiger partial charge in [-0.05, 0) is 18.2 Å². The summed E-state index contributed by atoms with van der Waals surface area (Å²) in [6.45, 7) is 0.671. The highest BCUT2D eigenvalue weighted by Crippen LogP contribution is 2.28. The fourth-order valence-corrected chi connectivity index (χ4v) is 2.09. The van der Waals surface area contributed by atoms with Gasteiger partial charge in [0.2, 0.25) is 0 Å². The lowest BCUT2D eigenvalue weighted by atomic mass is 9.89. The van der Waals surface area contributed by atoms with Crippen molar-refractivity contribution in [1.82, 2.24) is 0 Å². The average molecular weight is 264 g/mol. The zero-order valence-corrected chi connectivity index (χ0v) is 10.1. The number of benzene rings is 1. The van der Waals surface area contributed by atoms with Crippen LogP contribution >= 0.6 is 0 Å². The SMILES string of the molecule is N#Cc1cc(F)ccc1NC1(C(=O)O)CCOCC1. The van der Waals surface area contributed by atoms with Crippen LogP contribution in [0.3, 0.4) is 0 Å². The Morgan fingerprint density at radius 1 is 1.47 bits per heavy atom. The van der Waals surface area contributed by atoms with Crippen LogP contribution < -0.4 is 5.32 Å². The third kappa shape index (κ3) is 2.66. The van der Waals surface area contributed by atoms with Gasteiger partial charge in [-0.15, -0.1) is 0 Å². The summed E-state index contributed by atoms with van der Waals surface area (Å²) in [5.74, 6) is -1.53. The molecule has 1 aromatic rings. The summed E-state index contributed by atoms with van der Waals surface area (Å²) in [5.41, 5.74) is -0.748. The molecule has 0 bridgehead atoms. The number of rotatable bonds is 3. The molecule has 5 nitrogen and oxygen atoms in total. The van der Waals surface area contributed by atoms with E-state index >= 15 is 0 Å². The Balaban J connectivity index is 2.32. The van der Waals surface area contributed by atoms with E-state index in [2.05, 4.69) is 5.32 Å². The number of carbonyl (C=O) groups is 1. The van der Waals surface area contributed by atoms with Gasteiger partial charge in [-0.25, -0.2) is 9.18 Å². The van der Waals surface area contributed by atoms with Crippen molar-refractivity contribution in [2.24, 2.45) is 0 Å². The van der Waals surface area contributed by atoms with Crippen molar-refractivity contribution in [3.63, 3.8) is 0 Å². The van der Waals surface area contributed by atoms with Gasteiger partial charge in [0, 0.05) is 26.1 Å². The maximum atomic E-state index is 13.1. The number of anilines is 1. The van der Waals surface area contributed by atoms with E-state index in [1.807, 2.05) is 6.07 Å². The number of hydrogen-bond donors (Lipinski definition) is 2. The molecule has 1 aliphatic heterocycles. The topological polar surface area (TPSA) is 82.4 Å². The van der Waals surface area contributed by atoms with Crippen LogP contribution in [0.25, 0.3) is 0 Å². The Bertz CT molecular complexity index is 533. The second-order valence-corrected chi connectivity index (χ2v) is 4.43. The van der Waals surface area contributed by atoms with Gasteiger partial charge in [-0.2, -0.15) is 5.26 Å². The van der Waals surface area contributed by atoms with E-state index < -0.39 is 17.3 Å². The second-order valence-electron chi connectivity index (χ2n) is 4.43. The van der Waals surface area contributed by atoms with Gasteiger partial charge in [-0.3, -0.25) is 0 Å². The quantitative estimate of drug-likeness (QED) is 0.869. The first-order valence-electron chi connectivity index (χ1n) is 5.86. The first kappa shape index (κ1) is 13.3. The van der Waals surface area contributed by atoms with E-state index in [-0.39, 0.29) is 5.56 Å². The first-order valence-corrected chi connectivity index (χ1v) is 5.86. The molecule has 0 aliphatic carbocycles. The predicted molar refractivity (Wildman–Crippen MR) is 65.2 cm³/mol. The van der Waals surface area contributed by atoms with Crippen LogP contribution in [0.4, 0.5) is 10.1 Å². The Morgan fingerprint density at radius 3 is 2.74 bits per heavy atom. The standard InChI is InChI=1S/C13H13FN2O3/c14-10-1-2-11(9(7-10)8-15)16-13(12(17)18)3-5-19-6-4-13/h1-2,7,16H,3-6H2,(H,17,18). The van der Waals surface area contributed by atoms with Crippen molar-refractivity contribution in [2.45, 2.75) is 18.4 Å². The molecule has 0 saturated carbocycles. The summed E-state index contributed by atoms with van der Waals surface area (Å²) < 4.78 is 18.2. The van der Waals surface area contributed by atoms with E-state index in [9.17, 15) is 14.3 Å². The monoisotopic (exact) mass is 264 g/mol. The molecule has 0 unspecified atom stereocenters. The molecule has 100 valence electrons. The first-order chi connectivity index (χ1) is 9.07. The van der Waals surface area contributed by atoms with Crippen molar-refractivity contribution in [2.75, 3.05) is 18.5 Å². The van der Waals surface area contributed by atoms with Crippen molar-refractivity contribution in [1.29, 1.82) is 5.26 Å². The largest absolute Gasteiger partial charge is 0.480 e. The van der Waals surface area contributed by atoms with Crippen LogP contribution in [-0.4, -0.2) is 29.8 Å². The highest BCUT2D eigenvalue weighted by Gasteiger charge is 2.40. The zero-order chi connectivity index (χ0) is 13.9. The van der Waals surface area contributed by atoms with Gasteiger partial charge in [0.05, 0.1) is 11.3 Å². The van der Waals surface area contributed by atoms with Crippen LogP contribution in [0, 0.1) is 17.1 Å². The van der Waals surface area contributed by atoms with Gasteiger partial charge >= 0.3 is 5.97 Å². The normalized spacial score (nSPS) is 17.5. The van der Waals surface area contributed by atoms with Gasteiger partial charge in [-0.1, -0.05) is 0 Å². The number of nitriles is 1. The van der Waals surface area contributed by atoms with E-state index in [0.717, 1.165) is 6.07 Å². The summed E-state index contributed by atoms with van der Waals surface area (Å²) in [5, 5.41) is 21.2. The average Bonchev–Trinajstić information content (AvgIpc) is 2.41. The molecule has 2 N–H and O–H groups in total.